The van der Waals surface area contributed by atoms with E-state index in [2.05, 4.69) is 25.8 Å². The number of anilines is 3. The molecule has 1 fully saturated rings. The van der Waals surface area contributed by atoms with Crippen LogP contribution in [0.1, 0.15) is 39.4 Å². The molecular formula is C24H26N8O4. The third kappa shape index (κ3) is 4.65. The molecule has 186 valence electrons. The van der Waals surface area contributed by atoms with Crippen LogP contribution in [-0.2, 0) is 13.6 Å². The van der Waals surface area contributed by atoms with Crippen molar-refractivity contribution in [3.63, 3.8) is 0 Å². The number of imidazole rings is 1. The average molecular weight is 491 g/mol. The highest BCUT2D eigenvalue weighted by molar-refractivity contribution is 5.95. The highest BCUT2D eigenvalue weighted by Gasteiger charge is 2.26. The van der Waals surface area contributed by atoms with Gasteiger partial charge in [0.2, 0.25) is 0 Å². The van der Waals surface area contributed by atoms with E-state index in [4.69, 9.17) is 4.74 Å². The van der Waals surface area contributed by atoms with E-state index in [1.165, 1.54) is 15.4 Å². The number of carbonyl (C=O) groups is 2. The van der Waals surface area contributed by atoms with Crippen LogP contribution in [0.2, 0.25) is 0 Å². The van der Waals surface area contributed by atoms with E-state index < -0.39 is 5.97 Å². The Morgan fingerprint density at radius 3 is 2.64 bits per heavy atom. The van der Waals surface area contributed by atoms with Gasteiger partial charge in [-0.3, -0.25) is 9.48 Å². The molecule has 3 N–H and O–H groups in total. The zero-order valence-electron chi connectivity index (χ0n) is 20.1. The number of methoxy groups -OCH3 is 1. The minimum Gasteiger partial charge on any atom is -0.497 e. The fourth-order valence-corrected chi connectivity index (χ4v) is 3.90. The second-order valence-electron chi connectivity index (χ2n) is 8.74. The Kier molecular flexibility index (Phi) is 5.92. The summed E-state index contributed by atoms with van der Waals surface area (Å²) in [6.07, 6.45) is 4.97. The Balaban J connectivity index is 1.54. The normalized spacial score (nSPS) is 13.0. The highest BCUT2D eigenvalue weighted by Crippen LogP contribution is 2.28. The van der Waals surface area contributed by atoms with Crippen molar-refractivity contribution < 1.29 is 19.4 Å². The number of nitrogens with one attached hydrogen (secondary N) is 2. The van der Waals surface area contributed by atoms with Crippen LogP contribution in [0.15, 0.2) is 42.7 Å². The first-order chi connectivity index (χ1) is 17.3. The number of aryl methyl sites for hydroxylation is 1. The summed E-state index contributed by atoms with van der Waals surface area (Å²) in [5.41, 5.74) is 2.69. The van der Waals surface area contributed by atoms with Gasteiger partial charge < -0.3 is 25.4 Å². The number of aromatic nitrogens is 5. The number of carbonyl (C=O) groups excluding carboxylic acids is 1. The van der Waals surface area contributed by atoms with Gasteiger partial charge in [-0.05, 0) is 30.5 Å². The maximum Gasteiger partial charge on any atom is 0.358 e. The Labute approximate surface area is 206 Å². The third-order valence-electron chi connectivity index (χ3n) is 5.88. The summed E-state index contributed by atoms with van der Waals surface area (Å²) in [6, 6.07) is 9.68. The lowest BCUT2D eigenvalue weighted by atomic mass is 10.2. The molecule has 3 aromatic heterocycles. The van der Waals surface area contributed by atoms with Gasteiger partial charge in [-0.25, -0.2) is 14.3 Å². The number of amides is 1. The molecule has 0 saturated heterocycles. The summed E-state index contributed by atoms with van der Waals surface area (Å²) in [7, 11) is 5.17. The van der Waals surface area contributed by atoms with Gasteiger partial charge in [-0.15, -0.1) is 5.10 Å². The first-order valence-electron chi connectivity index (χ1n) is 11.4. The quantitative estimate of drug-likeness (QED) is 0.323. The van der Waals surface area contributed by atoms with Gasteiger partial charge in [0, 0.05) is 38.9 Å². The van der Waals surface area contributed by atoms with Gasteiger partial charge >= 0.3 is 5.97 Å². The number of benzene rings is 1. The van der Waals surface area contributed by atoms with Crippen LogP contribution < -0.4 is 20.3 Å². The second-order valence-corrected chi connectivity index (χ2v) is 8.74. The molecule has 1 aromatic carbocycles. The van der Waals surface area contributed by atoms with Crippen molar-refractivity contribution in [1.29, 1.82) is 0 Å². The van der Waals surface area contributed by atoms with Crippen molar-refractivity contribution in [2.75, 3.05) is 24.4 Å². The maximum absolute atomic E-state index is 12.9. The maximum atomic E-state index is 12.9. The van der Waals surface area contributed by atoms with Crippen molar-refractivity contribution in [2.24, 2.45) is 7.05 Å². The van der Waals surface area contributed by atoms with Crippen molar-refractivity contribution >= 4 is 34.7 Å². The zero-order valence-corrected chi connectivity index (χ0v) is 20.1. The number of aromatic carboxylic acids is 1. The second kappa shape index (κ2) is 9.21. The fourth-order valence-electron chi connectivity index (χ4n) is 3.90. The molecule has 1 aliphatic rings. The van der Waals surface area contributed by atoms with E-state index in [9.17, 15) is 14.7 Å². The molecule has 1 aliphatic carbocycles. The summed E-state index contributed by atoms with van der Waals surface area (Å²) in [5.74, 6) is -0.313. The summed E-state index contributed by atoms with van der Waals surface area (Å²) in [6.45, 7) is 0.548. The molecule has 0 spiro atoms. The first kappa shape index (κ1) is 23.1. The van der Waals surface area contributed by atoms with Crippen molar-refractivity contribution in [3.05, 3.63) is 59.7 Å². The SMILES string of the molecule is COc1ccc(CN(C)c2cc(Nc3cn(C)nc3C(=O)O)nn3c(C(=O)NC4CC4)cnc23)cc1. The zero-order chi connectivity index (χ0) is 25.4. The molecule has 5 rings (SSSR count). The summed E-state index contributed by atoms with van der Waals surface area (Å²) >= 11 is 0. The lowest BCUT2D eigenvalue weighted by Gasteiger charge is -2.21. The van der Waals surface area contributed by atoms with Gasteiger partial charge in [-0.1, -0.05) is 12.1 Å². The Morgan fingerprint density at radius 2 is 1.97 bits per heavy atom. The summed E-state index contributed by atoms with van der Waals surface area (Å²) in [4.78, 5) is 31.0. The van der Waals surface area contributed by atoms with E-state index in [1.54, 1.807) is 26.4 Å². The standard InChI is InChI=1S/C24H26N8O4/c1-30(12-14-4-8-16(36-3)9-5-14)18-10-20(27-17-13-31(2)29-21(17)24(34)35)28-32-19(11-25-22(18)32)23(33)26-15-6-7-15/h4-5,8-11,13,15H,6-7,12H2,1-3H3,(H,26,33)(H,27,28)(H,34,35). The van der Waals surface area contributed by atoms with E-state index >= 15 is 0 Å². The molecule has 12 heteroatoms. The monoisotopic (exact) mass is 490 g/mol. The van der Waals surface area contributed by atoms with Crippen molar-refractivity contribution in [1.82, 2.24) is 29.7 Å². The number of carboxylic acids is 1. The minimum atomic E-state index is -1.16. The molecular weight excluding hydrogens is 464 g/mol. The molecule has 1 saturated carbocycles. The first-order valence-corrected chi connectivity index (χ1v) is 11.4. The molecule has 0 aliphatic heterocycles. The number of nitrogens with zero attached hydrogens (tertiary/aromatic N) is 6. The number of carboxylic acid groups (broad SMARTS) is 1. The van der Waals surface area contributed by atoms with Crippen LogP contribution >= 0.6 is 0 Å². The van der Waals surface area contributed by atoms with E-state index in [0.717, 1.165) is 24.2 Å². The average Bonchev–Trinajstić information content (AvgIpc) is 3.43. The number of hydrogen-bond acceptors (Lipinski definition) is 8. The molecule has 36 heavy (non-hydrogen) atoms. The van der Waals surface area contributed by atoms with Gasteiger partial charge in [0.15, 0.2) is 22.9 Å². The summed E-state index contributed by atoms with van der Waals surface area (Å²) < 4.78 is 8.14. The predicted octanol–water partition coefficient (Wildman–Crippen LogP) is 2.44. The van der Waals surface area contributed by atoms with Gasteiger partial charge in [-0.2, -0.15) is 5.10 Å². The number of ether oxygens (including phenoxy) is 1. The highest BCUT2D eigenvalue weighted by atomic mass is 16.5. The topological polar surface area (TPSA) is 139 Å². The van der Waals surface area contributed by atoms with Gasteiger partial charge in [0.25, 0.3) is 5.91 Å². The lowest BCUT2D eigenvalue weighted by Crippen LogP contribution is -2.27. The molecule has 1 amide bonds. The molecule has 0 bridgehead atoms. The lowest BCUT2D eigenvalue weighted by molar-refractivity contribution is 0.0690. The van der Waals surface area contributed by atoms with Crippen LogP contribution in [0, 0.1) is 0 Å². The number of hydrogen-bond donors (Lipinski definition) is 3. The van der Waals surface area contributed by atoms with Crippen LogP contribution in [0.4, 0.5) is 17.2 Å². The minimum absolute atomic E-state index is 0.134. The van der Waals surface area contributed by atoms with Crippen LogP contribution in [0.3, 0.4) is 0 Å². The van der Waals surface area contributed by atoms with Crippen LogP contribution in [-0.4, -0.2) is 61.6 Å². The van der Waals surface area contributed by atoms with Crippen molar-refractivity contribution in [3.8, 4) is 5.75 Å². The van der Waals surface area contributed by atoms with E-state index in [-0.39, 0.29) is 23.3 Å². The van der Waals surface area contributed by atoms with E-state index in [0.29, 0.717) is 29.4 Å². The molecule has 0 radical (unpaired) electrons. The molecule has 12 nitrogen and oxygen atoms in total. The number of rotatable bonds is 9. The Bertz CT molecular complexity index is 1440. The fraction of sp³-hybridized carbons (Fsp3) is 0.292. The molecule has 3 heterocycles. The summed E-state index contributed by atoms with van der Waals surface area (Å²) in [5, 5.41) is 24.1. The van der Waals surface area contributed by atoms with Crippen LogP contribution in [0.5, 0.6) is 5.75 Å². The van der Waals surface area contributed by atoms with E-state index in [1.807, 2.05) is 36.2 Å². The molecule has 4 aromatic rings. The predicted molar refractivity (Wildman–Crippen MR) is 132 cm³/mol. The van der Waals surface area contributed by atoms with Crippen molar-refractivity contribution in [2.45, 2.75) is 25.4 Å². The van der Waals surface area contributed by atoms with Gasteiger partial charge in [0.05, 0.1) is 24.7 Å². The van der Waals surface area contributed by atoms with Gasteiger partial charge in [0.1, 0.15) is 5.75 Å². The largest absolute Gasteiger partial charge is 0.497 e. The van der Waals surface area contributed by atoms with Crippen LogP contribution in [0.25, 0.3) is 5.65 Å². The Hall–Kier alpha value is -4.61. The molecule has 0 atom stereocenters. The molecule has 0 unspecified atom stereocenters. The Morgan fingerprint density at radius 1 is 1.22 bits per heavy atom. The third-order valence-corrected chi connectivity index (χ3v) is 5.88. The number of fused-ring (bicyclic) bond motifs is 1. The smallest absolute Gasteiger partial charge is 0.358 e.